The Hall–Kier alpha value is -4.34. The number of amides is 1. The molecule has 1 aliphatic carbocycles. The molecule has 1 unspecified atom stereocenters. The van der Waals surface area contributed by atoms with Gasteiger partial charge in [-0.05, 0) is 85.7 Å². The van der Waals surface area contributed by atoms with Crippen LogP contribution in [-0.2, 0) is 35.0 Å². The first kappa shape index (κ1) is 31.1. The van der Waals surface area contributed by atoms with E-state index >= 15 is 0 Å². The summed E-state index contributed by atoms with van der Waals surface area (Å²) in [4.78, 5) is 27.6. The zero-order valence-electron chi connectivity index (χ0n) is 24.3. The molecule has 0 radical (unpaired) electrons. The average Bonchev–Trinajstić information content (AvgIpc) is 3.31. The van der Waals surface area contributed by atoms with Crippen LogP contribution in [0.25, 0.3) is 10.9 Å². The summed E-state index contributed by atoms with van der Waals surface area (Å²) in [7, 11) is 0. The van der Waals surface area contributed by atoms with Gasteiger partial charge < -0.3 is 19.3 Å². The minimum Gasteiger partial charge on any atom is -0.492 e. The molecule has 0 bridgehead atoms. The number of ether oxygens (including phenoxy) is 1. The number of nitrogens with zero attached hydrogens (tertiary/aromatic N) is 2. The van der Waals surface area contributed by atoms with Crippen LogP contribution in [0.2, 0.25) is 0 Å². The Kier molecular flexibility index (Phi) is 9.27. The van der Waals surface area contributed by atoms with E-state index in [1.165, 1.54) is 24.3 Å². The number of benzene rings is 3. The quantitative estimate of drug-likeness (QED) is 0.182. The zero-order valence-corrected chi connectivity index (χ0v) is 24.3. The number of aliphatic carboxylic acids is 1. The van der Waals surface area contributed by atoms with Crippen molar-refractivity contribution in [2.75, 3.05) is 13.2 Å². The number of hydrogen-bond donors (Lipinski definition) is 1. The number of alkyl halides is 3. The lowest BCUT2D eigenvalue weighted by molar-refractivity contribution is -0.141. The van der Waals surface area contributed by atoms with Gasteiger partial charge in [0, 0.05) is 29.1 Å². The lowest BCUT2D eigenvalue weighted by atomic mass is 9.89. The summed E-state index contributed by atoms with van der Waals surface area (Å²) in [5.74, 6) is -1.22. The number of aryl methyl sites for hydroxylation is 1. The average molecular weight is 611 g/mol. The molecule has 1 aromatic heterocycles. The van der Waals surface area contributed by atoms with Crippen molar-refractivity contribution in [3.05, 3.63) is 101 Å². The number of carboxylic acid groups (broad SMARTS) is 1. The van der Waals surface area contributed by atoms with Crippen LogP contribution in [0.1, 0.15) is 54.6 Å². The third-order valence-corrected chi connectivity index (χ3v) is 8.33. The number of carbonyl (C=O) groups excluding carboxylic acids is 1. The van der Waals surface area contributed by atoms with Gasteiger partial charge in [-0.2, -0.15) is 13.2 Å². The van der Waals surface area contributed by atoms with E-state index in [0.717, 1.165) is 29.0 Å². The maximum atomic E-state index is 14.5. The van der Waals surface area contributed by atoms with Crippen LogP contribution in [0.5, 0.6) is 5.75 Å². The molecule has 0 saturated carbocycles. The number of rotatable bonds is 11. The van der Waals surface area contributed by atoms with Crippen molar-refractivity contribution >= 4 is 22.8 Å². The second-order valence-electron chi connectivity index (χ2n) is 11.1. The third kappa shape index (κ3) is 6.74. The minimum absolute atomic E-state index is 0.0686. The highest BCUT2D eigenvalue weighted by molar-refractivity contribution is 5.88. The van der Waals surface area contributed by atoms with Gasteiger partial charge in [0.25, 0.3) is 0 Å². The Balaban J connectivity index is 1.40. The predicted molar refractivity (Wildman–Crippen MR) is 158 cm³/mol. The van der Waals surface area contributed by atoms with Gasteiger partial charge in [0.05, 0.1) is 12.1 Å². The van der Waals surface area contributed by atoms with Gasteiger partial charge in [-0.1, -0.05) is 37.3 Å². The summed E-state index contributed by atoms with van der Waals surface area (Å²) < 4.78 is 60.9. The van der Waals surface area contributed by atoms with E-state index in [1.54, 1.807) is 22.5 Å². The van der Waals surface area contributed by atoms with Crippen molar-refractivity contribution in [1.29, 1.82) is 0 Å². The summed E-state index contributed by atoms with van der Waals surface area (Å²) in [6.07, 6.45) is -1.82. The Morgan fingerprint density at radius 2 is 1.80 bits per heavy atom. The first-order valence-corrected chi connectivity index (χ1v) is 14.7. The summed E-state index contributed by atoms with van der Waals surface area (Å²) >= 11 is 0. The number of halogens is 4. The number of hydrogen-bond acceptors (Lipinski definition) is 3. The highest BCUT2D eigenvalue weighted by atomic mass is 19.4. The Morgan fingerprint density at radius 3 is 2.45 bits per heavy atom. The van der Waals surface area contributed by atoms with Crippen LogP contribution in [0.4, 0.5) is 17.6 Å². The molecule has 3 aromatic carbocycles. The lowest BCUT2D eigenvalue weighted by Gasteiger charge is -2.35. The van der Waals surface area contributed by atoms with Gasteiger partial charge in [-0.3, -0.25) is 4.79 Å². The maximum absolute atomic E-state index is 14.5. The molecule has 0 fully saturated rings. The molecule has 232 valence electrons. The van der Waals surface area contributed by atoms with Gasteiger partial charge in [0.2, 0.25) is 5.91 Å². The summed E-state index contributed by atoms with van der Waals surface area (Å²) in [6, 6.07) is 17.4. The van der Waals surface area contributed by atoms with Crippen LogP contribution >= 0.6 is 0 Å². The SMILES string of the molecule is CCC(C(=O)O)n1c2c(c3cc(F)ccc31)C[C@@H](N(CCOc1ccc(C(F)(F)F)cc1)C(=O)CCc1ccccc1)CC2. The van der Waals surface area contributed by atoms with E-state index in [0.29, 0.717) is 43.0 Å². The molecule has 0 spiro atoms. The lowest BCUT2D eigenvalue weighted by Crippen LogP contribution is -2.45. The van der Waals surface area contributed by atoms with Crippen molar-refractivity contribution in [2.24, 2.45) is 0 Å². The molecule has 0 aliphatic heterocycles. The first-order chi connectivity index (χ1) is 21.1. The van der Waals surface area contributed by atoms with Gasteiger partial charge in [0.1, 0.15) is 24.2 Å². The van der Waals surface area contributed by atoms with Gasteiger partial charge in [-0.15, -0.1) is 0 Å². The predicted octanol–water partition coefficient (Wildman–Crippen LogP) is 7.23. The van der Waals surface area contributed by atoms with Gasteiger partial charge >= 0.3 is 12.1 Å². The molecule has 6 nitrogen and oxygen atoms in total. The summed E-state index contributed by atoms with van der Waals surface area (Å²) in [5.41, 5.74) is 2.57. The molecule has 1 heterocycles. The number of fused-ring (bicyclic) bond motifs is 3. The summed E-state index contributed by atoms with van der Waals surface area (Å²) in [5, 5.41) is 10.6. The molecular weight excluding hydrogens is 576 g/mol. The minimum atomic E-state index is -4.45. The van der Waals surface area contributed by atoms with Crippen LogP contribution in [0.15, 0.2) is 72.8 Å². The number of carbonyl (C=O) groups is 2. The highest BCUT2D eigenvalue weighted by Crippen LogP contribution is 2.37. The Bertz CT molecular complexity index is 1620. The van der Waals surface area contributed by atoms with Crippen LogP contribution in [-0.4, -0.2) is 45.6 Å². The second-order valence-corrected chi connectivity index (χ2v) is 11.1. The number of aromatic nitrogens is 1. The molecule has 1 aliphatic rings. The fourth-order valence-electron chi connectivity index (χ4n) is 6.19. The molecule has 2 atom stereocenters. The van der Waals surface area contributed by atoms with Crippen molar-refractivity contribution in [2.45, 2.75) is 63.7 Å². The van der Waals surface area contributed by atoms with E-state index < -0.39 is 29.6 Å². The molecule has 4 aromatic rings. The van der Waals surface area contributed by atoms with E-state index in [2.05, 4.69) is 0 Å². The van der Waals surface area contributed by atoms with Gasteiger partial charge in [0.15, 0.2) is 0 Å². The molecule has 44 heavy (non-hydrogen) atoms. The van der Waals surface area contributed by atoms with E-state index in [4.69, 9.17) is 4.74 Å². The van der Waals surface area contributed by atoms with E-state index in [9.17, 15) is 32.3 Å². The molecular formula is C34H34F4N2O4. The largest absolute Gasteiger partial charge is 0.492 e. The Morgan fingerprint density at radius 1 is 1.07 bits per heavy atom. The molecule has 10 heteroatoms. The van der Waals surface area contributed by atoms with Crippen LogP contribution in [0.3, 0.4) is 0 Å². The maximum Gasteiger partial charge on any atom is 0.416 e. The fraction of sp³-hybridized carbons (Fsp3) is 0.353. The fourth-order valence-corrected chi connectivity index (χ4v) is 6.19. The van der Waals surface area contributed by atoms with E-state index in [1.807, 2.05) is 30.3 Å². The van der Waals surface area contributed by atoms with Crippen molar-refractivity contribution in [1.82, 2.24) is 9.47 Å². The summed E-state index contributed by atoms with van der Waals surface area (Å²) in [6.45, 7) is 2.07. The second kappa shape index (κ2) is 13.1. The third-order valence-electron chi connectivity index (χ3n) is 8.33. The van der Waals surface area contributed by atoms with Crippen LogP contribution < -0.4 is 4.74 Å². The molecule has 0 saturated heterocycles. The van der Waals surface area contributed by atoms with Crippen molar-refractivity contribution in [3.8, 4) is 5.75 Å². The number of carboxylic acids is 1. The zero-order chi connectivity index (χ0) is 31.4. The van der Waals surface area contributed by atoms with E-state index in [-0.39, 0.29) is 37.3 Å². The topological polar surface area (TPSA) is 71.8 Å². The molecule has 1 amide bonds. The van der Waals surface area contributed by atoms with Crippen LogP contribution in [0, 0.1) is 5.82 Å². The van der Waals surface area contributed by atoms with Gasteiger partial charge in [-0.25, -0.2) is 9.18 Å². The van der Waals surface area contributed by atoms with Crippen molar-refractivity contribution in [3.63, 3.8) is 0 Å². The smallest absolute Gasteiger partial charge is 0.416 e. The normalized spacial score (nSPS) is 15.5. The monoisotopic (exact) mass is 610 g/mol. The molecule has 1 N–H and O–H groups in total. The Labute approximate surface area is 252 Å². The van der Waals surface area contributed by atoms with Crippen molar-refractivity contribution < 1.29 is 37.0 Å². The standard InChI is InChI=1S/C34H34F4N2O4/c1-2-29(33(42)43)40-30-15-11-24(35)20-27(30)28-21-25(12-16-31(28)40)39(32(41)17-8-22-6-4-3-5-7-22)18-19-44-26-13-9-23(10-14-26)34(36,37)38/h3-7,9-11,13-15,20,25,29H,2,8,12,16-19,21H2,1H3,(H,42,43)/t25-,29?/m0/s1. The molecule has 5 rings (SSSR count). The highest BCUT2D eigenvalue weighted by Gasteiger charge is 2.34. The first-order valence-electron chi connectivity index (χ1n) is 14.7.